The van der Waals surface area contributed by atoms with Crippen LogP contribution in [0.3, 0.4) is 0 Å². The maximum Gasteiger partial charge on any atom is 0.168 e. The molecule has 0 spiro atoms. The number of halogens is 2. The fourth-order valence-electron chi connectivity index (χ4n) is 2.23. The van der Waals surface area contributed by atoms with Gasteiger partial charge in [0.05, 0.1) is 12.7 Å². The number of nitrogens with zero attached hydrogens (tertiary/aromatic N) is 1. The van der Waals surface area contributed by atoms with Crippen LogP contribution in [-0.2, 0) is 4.74 Å². The van der Waals surface area contributed by atoms with Crippen molar-refractivity contribution < 1.29 is 13.5 Å². The fourth-order valence-corrected chi connectivity index (χ4v) is 2.23. The summed E-state index contributed by atoms with van der Waals surface area (Å²) in [6, 6.07) is 0.729. The van der Waals surface area contributed by atoms with Gasteiger partial charge in [0.1, 0.15) is 0 Å². The second-order valence-electron chi connectivity index (χ2n) is 4.74. The van der Waals surface area contributed by atoms with E-state index in [0.717, 1.165) is 18.9 Å². The smallest absolute Gasteiger partial charge is 0.168 e. The Hall–Kier alpha value is -1.43. The quantitative estimate of drug-likeness (QED) is 0.808. The van der Waals surface area contributed by atoms with E-state index in [1.54, 1.807) is 0 Å². The number of rotatable bonds is 5. The zero-order valence-corrected chi connectivity index (χ0v) is 10.8. The molecule has 0 bridgehead atoms. The van der Waals surface area contributed by atoms with Gasteiger partial charge in [0.25, 0.3) is 0 Å². The molecule has 3 N–H and O–H groups in total. The summed E-state index contributed by atoms with van der Waals surface area (Å²) in [5, 5.41) is 2.76. The van der Waals surface area contributed by atoms with Crippen LogP contribution in [0.5, 0.6) is 0 Å². The summed E-state index contributed by atoms with van der Waals surface area (Å²) in [5.41, 5.74) is 5.29. The fraction of sp³-hybridized carbons (Fsp3) is 0.615. The molecule has 0 radical (unpaired) electrons. The van der Waals surface area contributed by atoms with E-state index in [0.29, 0.717) is 19.3 Å². The molecule has 0 aromatic carbocycles. The lowest BCUT2D eigenvalue weighted by molar-refractivity contribution is 0.0347. The van der Waals surface area contributed by atoms with E-state index in [-0.39, 0.29) is 11.6 Å². The van der Waals surface area contributed by atoms with Gasteiger partial charge in [-0.3, -0.25) is 0 Å². The summed E-state index contributed by atoms with van der Waals surface area (Å²) >= 11 is 0. The zero-order valence-electron chi connectivity index (χ0n) is 10.8. The Balaban J connectivity index is 1.74. The van der Waals surface area contributed by atoms with Crippen LogP contribution < -0.4 is 11.1 Å². The van der Waals surface area contributed by atoms with Gasteiger partial charge in [-0.15, -0.1) is 0 Å². The molecule has 0 unspecified atom stereocenters. The van der Waals surface area contributed by atoms with Crippen molar-refractivity contribution >= 4 is 11.6 Å². The highest BCUT2D eigenvalue weighted by Crippen LogP contribution is 2.20. The van der Waals surface area contributed by atoms with Crippen LogP contribution in [0, 0.1) is 11.6 Å². The molecule has 0 saturated heterocycles. The van der Waals surface area contributed by atoms with E-state index in [1.807, 2.05) is 0 Å². The highest BCUT2D eigenvalue weighted by Gasteiger charge is 2.13. The summed E-state index contributed by atoms with van der Waals surface area (Å²) in [4.78, 5) is 3.62. The molecule has 106 valence electrons. The largest absolute Gasteiger partial charge is 0.381 e. The number of aromatic nitrogens is 1. The van der Waals surface area contributed by atoms with E-state index in [4.69, 9.17) is 10.5 Å². The standard InChI is InChI=1S/C13H19F2N3O/c14-10-8-11(15)13(18-12(10)16)17-6-7-19-9-4-2-1-3-5-9/h8-9H,1-7H2,(H3,16,17,18). The minimum atomic E-state index is -0.846. The molecule has 1 aromatic heterocycles. The molecule has 1 fully saturated rings. The molecule has 1 saturated carbocycles. The summed E-state index contributed by atoms with van der Waals surface area (Å²) in [5.74, 6) is -1.94. The molecule has 19 heavy (non-hydrogen) atoms. The van der Waals surface area contributed by atoms with Gasteiger partial charge < -0.3 is 15.8 Å². The first kappa shape index (κ1) is 14.0. The Morgan fingerprint density at radius 1 is 1.26 bits per heavy atom. The lowest BCUT2D eigenvalue weighted by Gasteiger charge is -2.22. The topological polar surface area (TPSA) is 60.2 Å². The lowest BCUT2D eigenvalue weighted by Crippen LogP contribution is -2.21. The third kappa shape index (κ3) is 4.02. The van der Waals surface area contributed by atoms with E-state index < -0.39 is 11.6 Å². The number of nitrogen functional groups attached to an aromatic ring is 1. The molecule has 1 aliphatic rings. The minimum absolute atomic E-state index is 0.0360. The normalized spacial score (nSPS) is 16.5. The van der Waals surface area contributed by atoms with E-state index in [9.17, 15) is 8.78 Å². The first-order valence-corrected chi connectivity index (χ1v) is 6.64. The van der Waals surface area contributed by atoms with Gasteiger partial charge in [-0.1, -0.05) is 19.3 Å². The molecule has 0 aliphatic heterocycles. The Kier molecular flexibility index (Phi) is 4.90. The van der Waals surface area contributed by atoms with Crippen molar-refractivity contribution in [3.63, 3.8) is 0 Å². The average Bonchev–Trinajstić information content (AvgIpc) is 2.41. The zero-order chi connectivity index (χ0) is 13.7. The molecule has 1 heterocycles. The van der Waals surface area contributed by atoms with Gasteiger partial charge in [0.2, 0.25) is 0 Å². The minimum Gasteiger partial charge on any atom is -0.381 e. The van der Waals surface area contributed by atoms with Gasteiger partial charge >= 0.3 is 0 Å². The van der Waals surface area contributed by atoms with Crippen LogP contribution in [0.25, 0.3) is 0 Å². The van der Waals surface area contributed by atoms with Crippen LogP contribution >= 0.6 is 0 Å². The number of hydrogen-bond donors (Lipinski definition) is 2. The molecule has 4 nitrogen and oxygen atoms in total. The second-order valence-corrected chi connectivity index (χ2v) is 4.74. The highest BCUT2D eigenvalue weighted by atomic mass is 19.1. The van der Waals surface area contributed by atoms with E-state index in [2.05, 4.69) is 10.3 Å². The Morgan fingerprint density at radius 2 is 2.00 bits per heavy atom. The Labute approximate surface area is 111 Å². The predicted molar refractivity (Wildman–Crippen MR) is 69.9 cm³/mol. The molecular formula is C13H19F2N3O. The number of pyridine rings is 1. The first-order valence-electron chi connectivity index (χ1n) is 6.64. The van der Waals surface area contributed by atoms with Crippen molar-refractivity contribution in [2.24, 2.45) is 0 Å². The van der Waals surface area contributed by atoms with Crippen LogP contribution in [0.4, 0.5) is 20.4 Å². The van der Waals surface area contributed by atoms with Crippen molar-refractivity contribution in [1.29, 1.82) is 0 Å². The summed E-state index contributed by atoms with van der Waals surface area (Å²) in [7, 11) is 0. The van der Waals surface area contributed by atoms with Crippen LogP contribution in [0.1, 0.15) is 32.1 Å². The molecule has 0 atom stereocenters. The lowest BCUT2D eigenvalue weighted by atomic mass is 9.98. The third-order valence-corrected chi connectivity index (χ3v) is 3.26. The predicted octanol–water partition coefficient (Wildman–Crippen LogP) is 2.70. The van der Waals surface area contributed by atoms with Crippen LogP contribution in [0.2, 0.25) is 0 Å². The van der Waals surface area contributed by atoms with Crippen molar-refractivity contribution in [2.45, 2.75) is 38.2 Å². The molecule has 0 amide bonds. The Morgan fingerprint density at radius 3 is 2.74 bits per heavy atom. The van der Waals surface area contributed by atoms with Gasteiger partial charge in [-0.25, -0.2) is 13.8 Å². The summed E-state index contributed by atoms with van der Waals surface area (Å²) in [6.45, 7) is 0.897. The summed E-state index contributed by atoms with van der Waals surface area (Å²) in [6.07, 6.45) is 6.20. The first-order chi connectivity index (χ1) is 9.16. The highest BCUT2D eigenvalue weighted by molar-refractivity contribution is 5.44. The molecule has 6 heteroatoms. The number of nitrogens with two attached hydrogens (primary N) is 1. The molecule has 2 rings (SSSR count). The maximum absolute atomic E-state index is 13.4. The molecule has 1 aliphatic carbocycles. The monoisotopic (exact) mass is 271 g/mol. The van der Waals surface area contributed by atoms with Crippen LogP contribution in [0.15, 0.2) is 6.07 Å². The number of nitrogens with one attached hydrogen (secondary N) is 1. The third-order valence-electron chi connectivity index (χ3n) is 3.26. The van der Waals surface area contributed by atoms with Gasteiger partial charge in [-0.2, -0.15) is 0 Å². The van der Waals surface area contributed by atoms with Crippen molar-refractivity contribution in [2.75, 3.05) is 24.2 Å². The van der Waals surface area contributed by atoms with E-state index in [1.165, 1.54) is 19.3 Å². The van der Waals surface area contributed by atoms with Crippen molar-refractivity contribution in [1.82, 2.24) is 4.98 Å². The van der Waals surface area contributed by atoms with Gasteiger partial charge in [-0.05, 0) is 12.8 Å². The van der Waals surface area contributed by atoms with Gasteiger partial charge in [0.15, 0.2) is 23.3 Å². The molecule has 1 aromatic rings. The van der Waals surface area contributed by atoms with Crippen LogP contribution in [-0.4, -0.2) is 24.2 Å². The Bertz CT molecular complexity index is 423. The van der Waals surface area contributed by atoms with Crippen molar-refractivity contribution in [3.05, 3.63) is 17.7 Å². The maximum atomic E-state index is 13.4. The second kappa shape index (κ2) is 6.65. The SMILES string of the molecule is Nc1nc(NCCOC2CCCCC2)c(F)cc1F. The van der Waals surface area contributed by atoms with Crippen molar-refractivity contribution in [3.8, 4) is 0 Å². The van der Waals surface area contributed by atoms with Gasteiger partial charge in [0, 0.05) is 12.6 Å². The molecular weight excluding hydrogens is 252 g/mol. The summed E-state index contributed by atoms with van der Waals surface area (Å²) < 4.78 is 31.9. The number of anilines is 2. The number of ether oxygens (including phenoxy) is 1. The number of hydrogen-bond acceptors (Lipinski definition) is 4. The average molecular weight is 271 g/mol. The van der Waals surface area contributed by atoms with E-state index >= 15 is 0 Å².